The second-order valence-corrected chi connectivity index (χ2v) is 5.28. The van der Waals surface area contributed by atoms with Gasteiger partial charge in [-0.25, -0.2) is 4.79 Å². The van der Waals surface area contributed by atoms with Crippen LogP contribution in [0.3, 0.4) is 0 Å². The number of aromatic hydroxyl groups is 1. The van der Waals surface area contributed by atoms with Crippen LogP contribution in [0.15, 0.2) is 29.2 Å². The van der Waals surface area contributed by atoms with Gasteiger partial charge in [-0.15, -0.1) is 0 Å². The van der Waals surface area contributed by atoms with Gasteiger partial charge in [-0.3, -0.25) is 4.79 Å². The van der Waals surface area contributed by atoms with E-state index in [0.717, 1.165) is 11.1 Å². The molecule has 3 rings (SSSR count). The summed E-state index contributed by atoms with van der Waals surface area (Å²) in [7, 11) is 1.47. The number of ether oxygens (including phenoxy) is 2. The number of benzene rings is 1. The first kappa shape index (κ1) is 15.1. The van der Waals surface area contributed by atoms with Gasteiger partial charge in [0, 0.05) is 24.4 Å². The number of esters is 1. The summed E-state index contributed by atoms with van der Waals surface area (Å²) < 4.78 is 11.9. The summed E-state index contributed by atoms with van der Waals surface area (Å²) in [5, 5.41) is 9.89. The molecule has 0 saturated heterocycles. The van der Waals surface area contributed by atoms with Crippen LogP contribution in [0.1, 0.15) is 22.8 Å². The lowest BCUT2D eigenvalue weighted by Gasteiger charge is -2.23. The number of phenols is 1. The van der Waals surface area contributed by atoms with Crippen LogP contribution in [0.25, 0.3) is 11.3 Å². The smallest absolute Gasteiger partial charge is 0.343 e. The maximum atomic E-state index is 12.2. The highest BCUT2D eigenvalue weighted by Gasteiger charge is 2.22. The number of aryl methyl sites for hydroxylation is 2. The van der Waals surface area contributed by atoms with Crippen LogP contribution in [0, 0.1) is 0 Å². The number of rotatable bonds is 3. The molecule has 1 aliphatic rings. The van der Waals surface area contributed by atoms with Gasteiger partial charge in [0.15, 0.2) is 16.9 Å². The molecule has 1 aromatic carbocycles. The van der Waals surface area contributed by atoms with E-state index in [1.54, 1.807) is 19.1 Å². The van der Waals surface area contributed by atoms with Crippen molar-refractivity contribution >= 4 is 5.97 Å². The molecule has 6 nitrogen and oxygen atoms in total. The van der Waals surface area contributed by atoms with Crippen LogP contribution in [0.2, 0.25) is 0 Å². The highest BCUT2D eigenvalue weighted by molar-refractivity contribution is 5.89. The van der Waals surface area contributed by atoms with Gasteiger partial charge in [0.05, 0.1) is 19.4 Å². The summed E-state index contributed by atoms with van der Waals surface area (Å²) in [6.45, 7) is 2.53. The Bertz CT molecular complexity index is 838. The molecular formula is C17H17NO5. The third-order valence-electron chi connectivity index (χ3n) is 3.93. The number of pyridine rings is 1. The quantitative estimate of drug-likeness (QED) is 0.876. The van der Waals surface area contributed by atoms with Gasteiger partial charge in [0.2, 0.25) is 0 Å². The lowest BCUT2D eigenvalue weighted by atomic mass is 9.96. The minimum atomic E-state index is -0.609. The first-order valence-corrected chi connectivity index (χ1v) is 7.37. The van der Waals surface area contributed by atoms with Crippen molar-refractivity contribution in [1.82, 2.24) is 4.57 Å². The molecule has 0 saturated carbocycles. The van der Waals surface area contributed by atoms with E-state index >= 15 is 0 Å². The third kappa shape index (κ3) is 2.56. The van der Waals surface area contributed by atoms with Gasteiger partial charge in [-0.1, -0.05) is 0 Å². The average molecular weight is 315 g/mol. The van der Waals surface area contributed by atoms with E-state index in [2.05, 4.69) is 0 Å². The molecule has 1 aliphatic heterocycles. The van der Waals surface area contributed by atoms with E-state index in [4.69, 9.17) is 9.47 Å². The fourth-order valence-corrected chi connectivity index (χ4v) is 2.81. The van der Waals surface area contributed by atoms with Gasteiger partial charge >= 0.3 is 5.97 Å². The van der Waals surface area contributed by atoms with E-state index in [-0.39, 0.29) is 23.3 Å². The predicted molar refractivity (Wildman–Crippen MR) is 84.0 cm³/mol. The number of hydrogen-bond donors (Lipinski definition) is 1. The number of methoxy groups -OCH3 is 1. The topological polar surface area (TPSA) is 77.8 Å². The Balaban J connectivity index is 2.15. The first-order chi connectivity index (χ1) is 11.0. The lowest BCUT2D eigenvalue weighted by Crippen LogP contribution is -2.23. The summed E-state index contributed by atoms with van der Waals surface area (Å²) in [5.41, 5.74) is 2.10. The Morgan fingerprint density at radius 3 is 2.83 bits per heavy atom. The summed E-state index contributed by atoms with van der Waals surface area (Å²) >= 11 is 0. The molecule has 0 spiro atoms. The molecule has 120 valence electrons. The van der Waals surface area contributed by atoms with Gasteiger partial charge < -0.3 is 19.1 Å². The Kier molecular flexibility index (Phi) is 3.82. The number of carbonyl (C=O) groups excluding carboxylic acids is 1. The van der Waals surface area contributed by atoms with Crippen LogP contribution in [0.5, 0.6) is 11.5 Å². The second-order valence-electron chi connectivity index (χ2n) is 5.28. The molecule has 0 aliphatic carbocycles. The Labute approximate surface area is 132 Å². The number of carbonyl (C=O) groups is 1. The van der Waals surface area contributed by atoms with Crippen molar-refractivity contribution in [2.75, 3.05) is 13.7 Å². The van der Waals surface area contributed by atoms with Gasteiger partial charge in [-0.2, -0.15) is 0 Å². The molecule has 1 N–H and O–H groups in total. The molecule has 6 heteroatoms. The van der Waals surface area contributed by atoms with E-state index < -0.39 is 5.97 Å². The van der Waals surface area contributed by atoms with Crippen LogP contribution in [-0.2, 0) is 17.7 Å². The number of hydrogen-bond acceptors (Lipinski definition) is 5. The molecule has 0 atom stereocenters. The van der Waals surface area contributed by atoms with E-state index in [1.165, 1.54) is 19.4 Å². The van der Waals surface area contributed by atoms with Crippen molar-refractivity contribution < 1.29 is 19.4 Å². The highest BCUT2D eigenvalue weighted by Crippen LogP contribution is 2.37. The van der Waals surface area contributed by atoms with E-state index in [9.17, 15) is 14.7 Å². The standard InChI is InChI=1S/C17H17NO5/c1-3-23-17(21)12-9-18-5-4-10-6-15(20)16(22-2)7-11(10)13(18)8-14(12)19/h6-9,20H,3-5H2,1-2H3. The normalized spacial score (nSPS) is 12.3. The number of aromatic nitrogens is 1. The maximum Gasteiger partial charge on any atom is 0.343 e. The number of phenolic OH excluding ortho intramolecular Hbond substituents is 1. The van der Waals surface area contributed by atoms with Crippen LogP contribution in [0.4, 0.5) is 0 Å². The van der Waals surface area contributed by atoms with Gasteiger partial charge in [0.1, 0.15) is 5.56 Å². The molecule has 0 bridgehead atoms. The summed E-state index contributed by atoms with van der Waals surface area (Å²) in [5.74, 6) is -0.189. The molecule has 0 fully saturated rings. The molecule has 2 aromatic rings. The van der Waals surface area contributed by atoms with Gasteiger partial charge in [0.25, 0.3) is 0 Å². The SMILES string of the molecule is CCOC(=O)c1cn2c(cc1=O)-c1cc(OC)c(O)cc1CC2. The molecular weight excluding hydrogens is 298 g/mol. The zero-order chi connectivity index (χ0) is 16.6. The summed E-state index contributed by atoms with van der Waals surface area (Å²) in [6.07, 6.45) is 2.23. The predicted octanol–water partition coefficient (Wildman–Crippen LogP) is 1.96. The zero-order valence-electron chi connectivity index (χ0n) is 13.0. The Morgan fingerprint density at radius 2 is 2.13 bits per heavy atom. The minimum Gasteiger partial charge on any atom is -0.504 e. The van der Waals surface area contributed by atoms with Crippen molar-refractivity contribution in [3.05, 3.63) is 45.7 Å². The Hall–Kier alpha value is -2.76. The number of fused-ring (bicyclic) bond motifs is 3. The molecule has 0 unspecified atom stereocenters. The van der Waals surface area contributed by atoms with Crippen molar-refractivity contribution in [1.29, 1.82) is 0 Å². The monoisotopic (exact) mass is 315 g/mol. The second kappa shape index (κ2) is 5.79. The van der Waals surface area contributed by atoms with Crippen LogP contribution < -0.4 is 10.2 Å². The van der Waals surface area contributed by atoms with Crippen molar-refractivity contribution in [2.45, 2.75) is 19.9 Å². The van der Waals surface area contributed by atoms with Crippen molar-refractivity contribution in [2.24, 2.45) is 0 Å². The Morgan fingerprint density at radius 1 is 1.35 bits per heavy atom. The molecule has 1 aromatic heterocycles. The number of nitrogens with zero attached hydrogens (tertiary/aromatic N) is 1. The fourth-order valence-electron chi connectivity index (χ4n) is 2.81. The molecule has 0 radical (unpaired) electrons. The largest absolute Gasteiger partial charge is 0.504 e. The maximum absolute atomic E-state index is 12.2. The summed E-state index contributed by atoms with van der Waals surface area (Å²) in [6, 6.07) is 4.79. The van der Waals surface area contributed by atoms with E-state index in [0.29, 0.717) is 24.4 Å². The third-order valence-corrected chi connectivity index (χ3v) is 3.93. The minimum absolute atomic E-state index is 0.0322. The van der Waals surface area contributed by atoms with Crippen LogP contribution >= 0.6 is 0 Å². The van der Waals surface area contributed by atoms with Gasteiger partial charge in [-0.05, 0) is 31.0 Å². The molecule has 2 heterocycles. The van der Waals surface area contributed by atoms with Crippen LogP contribution in [-0.4, -0.2) is 29.4 Å². The van der Waals surface area contributed by atoms with Crippen molar-refractivity contribution in [3.63, 3.8) is 0 Å². The lowest BCUT2D eigenvalue weighted by molar-refractivity contribution is 0.0524. The average Bonchev–Trinajstić information content (AvgIpc) is 2.53. The highest BCUT2D eigenvalue weighted by atomic mass is 16.5. The first-order valence-electron chi connectivity index (χ1n) is 7.37. The van der Waals surface area contributed by atoms with Crippen molar-refractivity contribution in [3.8, 4) is 22.8 Å². The fraction of sp³-hybridized carbons (Fsp3) is 0.294. The zero-order valence-corrected chi connectivity index (χ0v) is 13.0. The summed E-state index contributed by atoms with van der Waals surface area (Å²) in [4.78, 5) is 24.1. The molecule has 0 amide bonds. The van der Waals surface area contributed by atoms with E-state index in [1.807, 2.05) is 4.57 Å². The molecule has 23 heavy (non-hydrogen) atoms.